The van der Waals surface area contributed by atoms with Gasteiger partial charge in [-0.2, -0.15) is 0 Å². The van der Waals surface area contributed by atoms with Crippen LogP contribution in [0.5, 0.6) is 11.5 Å². The molecule has 1 aliphatic heterocycles. The Morgan fingerprint density at radius 1 is 0.977 bits per heavy atom. The van der Waals surface area contributed by atoms with Crippen LogP contribution in [0.3, 0.4) is 0 Å². The number of aryl methyl sites for hydroxylation is 1. The van der Waals surface area contributed by atoms with Crippen LogP contribution in [0.25, 0.3) is 0 Å². The Labute approximate surface area is 258 Å². The van der Waals surface area contributed by atoms with E-state index in [1.165, 1.54) is 0 Å². The molecule has 1 aromatic heterocycles. The topological polar surface area (TPSA) is 91.0 Å². The van der Waals surface area contributed by atoms with Crippen LogP contribution in [0, 0.1) is 5.41 Å². The van der Waals surface area contributed by atoms with E-state index in [0.717, 1.165) is 62.1 Å². The van der Waals surface area contributed by atoms with E-state index in [4.69, 9.17) is 4.74 Å². The Morgan fingerprint density at radius 2 is 1.67 bits per heavy atom. The maximum Gasteiger partial charge on any atom is 0.210 e. The Kier molecular flexibility index (Phi) is 11.1. The number of anilines is 1. The van der Waals surface area contributed by atoms with Crippen molar-refractivity contribution in [2.24, 2.45) is 5.41 Å². The molecule has 2 aromatic carbocycles. The minimum Gasteiger partial charge on any atom is -0.503 e. The molecule has 0 spiro atoms. The minimum atomic E-state index is -3.63. The monoisotopic (exact) mass is 609 g/mol. The number of hydrogen-bond acceptors (Lipinski definition) is 6. The molecule has 43 heavy (non-hydrogen) atoms. The fourth-order valence-electron chi connectivity index (χ4n) is 6.40. The molecule has 2 atom stereocenters. The van der Waals surface area contributed by atoms with Gasteiger partial charge in [0.1, 0.15) is 12.3 Å². The van der Waals surface area contributed by atoms with Crippen LogP contribution in [0.1, 0.15) is 82.3 Å². The van der Waals surface area contributed by atoms with Crippen LogP contribution in [0.2, 0.25) is 0 Å². The average molecular weight is 610 g/mol. The molecule has 7 nitrogen and oxygen atoms in total. The minimum absolute atomic E-state index is 0.0337. The molecule has 0 bridgehead atoms. The Balaban J connectivity index is 1.62. The van der Waals surface area contributed by atoms with Gasteiger partial charge in [-0.05, 0) is 66.8 Å². The van der Waals surface area contributed by atoms with Gasteiger partial charge in [0, 0.05) is 43.6 Å². The fraction of sp³-hybridized carbons (Fsp3) is 0.514. The number of rotatable bonds is 14. The van der Waals surface area contributed by atoms with Gasteiger partial charge in [0.25, 0.3) is 0 Å². The van der Waals surface area contributed by atoms with Gasteiger partial charge < -0.3 is 19.8 Å². The molecule has 1 aliphatic rings. The summed E-state index contributed by atoms with van der Waals surface area (Å²) in [5.41, 5.74) is 1.75. The standard InChI is InChI=1S/C35H48N2O5S/c1-5-7-19-35(20-8-6-2)26-43(40,41)32-18-15-28(36(3)4)24-31(32)33(34(35)39)27-13-16-30(17-14-27)42-23-10-9-21-37-22-11-12-29(38)25-37/h11-18,22,24-25,33-34,39H,5-10,19-21,23,26H2,1-4H3/p+1/t33-,34?/m1/s1. The highest BCUT2D eigenvalue weighted by Crippen LogP contribution is 2.50. The molecule has 0 aliphatic carbocycles. The maximum absolute atomic E-state index is 14.0. The van der Waals surface area contributed by atoms with Crippen LogP contribution in [0.15, 0.2) is 71.9 Å². The summed E-state index contributed by atoms with van der Waals surface area (Å²) in [6, 6.07) is 16.9. The lowest BCUT2D eigenvalue weighted by Gasteiger charge is -2.40. The molecule has 0 amide bonds. The van der Waals surface area contributed by atoms with Gasteiger partial charge in [-0.15, -0.1) is 0 Å². The summed E-state index contributed by atoms with van der Waals surface area (Å²) in [7, 11) is 0.258. The second-order valence-electron chi connectivity index (χ2n) is 12.3. The lowest BCUT2D eigenvalue weighted by Crippen LogP contribution is -2.43. The van der Waals surface area contributed by atoms with E-state index in [-0.39, 0.29) is 11.5 Å². The molecular weight excluding hydrogens is 560 g/mol. The van der Waals surface area contributed by atoms with Crippen molar-refractivity contribution >= 4 is 15.5 Å². The zero-order valence-corrected chi connectivity index (χ0v) is 27.0. The number of benzene rings is 2. The van der Waals surface area contributed by atoms with Gasteiger partial charge in [-0.3, -0.25) is 0 Å². The number of aliphatic hydroxyl groups excluding tert-OH is 1. The van der Waals surface area contributed by atoms with Gasteiger partial charge in [0.15, 0.2) is 21.8 Å². The fourth-order valence-corrected chi connectivity index (χ4v) is 8.59. The summed E-state index contributed by atoms with van der Waals surface area (Å²) in [6.45, 7) is 5.59. The molecule has 0 saturated carbocycles. The first-order chi connectivity index (χ1) is 20.6. The van der Waals surface area contributed by atoms with Crippen molar-refractivity contribution in [1.29, 1.82) is 0 Å². The zero-order chi connectivity index (χ0) is 31.0. The maximum atomic E-state index is 14.0. The number of fused-ring (bicyclic) bond motifs is 1. The van der Waals surface area contributed by atoms with Gasteiger partial charge >= 0.3 is 0 Å². The summed E-state index contributed by atoms with van der Waals surface area (Å²) in [5, 5.41) is 22.0. The first-order valence-corrected chi connectivity index (χ1v) is 17.4. The molecule has 2 heterocycles. The van der Waals surface area contributed by atoms with Crippen molar-refractivity contribution in [1.82, 2.24) is 0 Å². The number of aliphatic hydroxyl groups is 1. The Bertz CT molecular complexity index is 1430. The molecule has 0 saturated heterocycles. The molecule has 3 aromatic rings. The van der Waals surface area contributed by atoms with E-state index in [9.17, 15) is 18.6 Å². The summed E-state index contributed by atoms with van der Waals surface area (Å²) in [6.07, 6.45) is 9.58. The second-order valence-corrected chi connectivity index (χ2v) is 14.3. The highest BCUT2D eigenvalue weighted by Gasteiger charge is 2.49. The number of aromatic hydroxyl groups is 1. The van der Waals surface area contributed by atoms with Crippen LogP contribution in [-0.4, -0.2) is 51.2 Å². The zero-order valence-electron chi connectivity index (χ0n) is 26.2. The van der Waals surface area contributed by atoms with Gasteiger partial charge in [0.05, 0.1) is 23.4 Å². The van der Waals surface area contributed by atoms with Crippen molar-refractivity contribution in [3.05, 3.63) is 78.1 Å². The van der Waals surface area contributed by atoms with Crippen molar-refractivity contribution in [3.63, 3.8) is 0 Å². The molecule has 0 fully saturated rings. The molecule has 4 rings (SSSR count). The number of hydrogen-bond donors (Lipinski definition) is 2. The summed E-state index contributed by atoms with van der Waals surface area (Å²) < 4.78 is 36.0. The Hall–Kier alpha value is -3.10. The summed E-state index contributed by atoms with van der Waals surface area (Å²) in [5.74, 6) is 0.488. The smallest absolute Gasteiger partial charge is 0.210 e. The van der Waals surface area contributed by atoms with Crippen LogP contribution in [0.4, 0.5) is 5.69 Å². The number of pyridine rings is 1. The lowest BCUT2D eigenvalue weighted by molar-refractivity contribution is -0.697. The summed E-state index contributed by atoms with van der Waals surface area (Å²) >= 11 is 0. The molecule has 1 unspecified atom stereocenters. The predicted octanol–water partition coefficient (Wildman–Crippen LogP) is 6.25. The molecule has 8 heteroatoms. The van der Waals surface area contributed by atoms with Crippen LogP contribution < -0.4 is 14.2 Å². The second kappa shape index (κ2) is 14.6. The molecule has 234 valence electrons. The number of sulfone groups is 1. The van der Waals surface area contributed by atoms with Crippen molar-refractivity contribution in [2.45, 2.75) is 88.7 Å². The number of nitrogens with zero attached hydrogens (tertiary/aromatic N) is 2. The van der Waals surface area contributed by atoms with E-state index < -0.39 is 27.3 Å². The quantitative estimate of drug-likeness (QED) is 0.166. The molecule has 0 radical (unpaired) electrons. The predicted molar refractivity (Wildman–Crippen MR) is 172 cm³/mol. The number of aromatic nitrogens is 1. The third-order valence-electron chi connectivity index (χ3n) is 8.82. The molecular formula is C35H49N2O5S+. The van der Waals surface area contributed by atoms with Gasteiger partial charge in [0.2, 0.25) is 6.20 Å². The Morgan fingerprint density at radius 3 is 2.30 bits per heavy atom. The van der Waals surface area contributed by atoms with E-state index in [2.05, 4.69) is 13.8 Å². The largest absolute Gasteiger partial charge is 0.503 e. The van der Waals surface area contributed by atoms with Crippen molar-refractivity contribution < 1.29 is 27.9 Å². The first kappa shape index (κ1) is 32.8. The first-order valence-electron chi connectivity index (χ1n) is 15.7. The van der Waals surface area contributed by atoms with E-state index in [0.29, 0.717) is 29.9 Å². The van der Waals surface area contributed by atoms with E-state index in [1.807, 2.05) is 72.2 Å². The molecule has 2 N–H and O–H groups in total. The number of ether oxygens (including phenoxy) is 1. The summed E-state index contributed by atoms with van der Waals surface area (Å²) in [4.78, 5) is 2.31. The van der Waals surface area contributed by atoms with Gasteiger partial charge in [-0.1, -0.05) is 51.7 Å². The average Bonchev–Trinajstić information content (AvgIpc) is 3.05. The lowest BCUT2D eigenvalue weighted by atomic mass is 9.68. The third-order valence-corrected chi connectivity index (χ3v) is 10.8. The van der Waals surface area contributed by atoms with Crippen LogP contribution in [-0.2, 0) is 16.4 Å². The van der Waals surface area contributed by atoms with Crippen molar-refractivity contribution in [3.8, 4) is 11.5 Å². The number of unbranched alkanes of at least 4 members (excludes halogenated alkanes) is 3. The van der Waals surface area contributed by atoms with Crippen LogP contribution >= 0.6 is 0 Å². The van der Waals surface area contributed by atoms with Gasteiger partial charge in [-0.25, -0.2) is 13.0 Å². The van der Waals surface area contributed by atoms with Crippen molar-refractivity contribution in [2.75, 3.05) is 31.4 Å². The SMILES string of the molecule is CCCCC1(CCCC)CS(=O)(=O)c2ccc(N(C)C)cc2[C@@H](c2ccc(OCCCC[n+]3cccc(O)c3)cc2)C1O. The third kappa shape index (κ3) is 7.90. The highest BCUT2D eigenvalue weighted by atomic mass is 32.2. The highest BCUT2D eigenvalue weighted by molar-refractivity contribution is 7.91. The van der Waals surface area contributed by atoms with E-state index in [1.54, 1.807) is 18.3 Å². The van der Waals surface area contributed by atoms with E-state index >= 15 is 0 Å². The normalized spacial score (nSPS) is 18.9.